The molecule has 0 fully saturated rings. The molecule has 0 aliphatic carbocycles. The van der Waals surface area contributed by atoms with Gasteiger partial charge in [0.25, 0.3) is 5.91 Å². The number of hydrogen-bond acceptors (Lipinski definition) is 6. The molecular weight excluding hydrogens is 526 g/mol. The first kappa shape index (κ1) is 26.6. The Kier molecular flexibility index (Phi) is 8.60. The van der Waals surface area contributed by atoms with Crippen molar-refractivity contribution >= 4 is 45.6 Å². The quantitative estimate of drug-likeness (QED) is 0.176. The van der Waals surface area contributed by atoms with Gasteiger partial charge in [-0.1, -0.05) is 36.7 Å². The summed E-state index contributed by atoms with van der Waals surface area (Å²) in [6.07, 6.45) is 1.39. The molecule has 0 aromatic heterocycles. The summed E-state index contributed by atoms with van der Waals surface area (Å²) in [5.41, 5.74) is 3.71. The summed E-state index contributed by atoms with van der Waals surface area (Å²) in [5, 5.41) is 6.81. The van der Waals surface area contributed by atoms with Crippen molar-refractivity contribution in [3.05, 3.63) is 87.9 Å². The average molecular weight is 552 g/mol. The smallest absolute Gasteiger partial charge is 0.343 e. The highest BCUT2D eigenvalue weighted by atomic mass is 79.9. The van der Waals surface area contributed by atoms with E-state index in [2.05, 4.69) is 31.8 Å². The van der Waals surface area contributed by atoms with Crippen LogP contribution in [0.4, 0.5) is 5.69 Å². The number of esters is 1. The molecular formula is C27H26BrN3O5. The molecule has 0 spiro atoms. The van der Waals surface area contributed by atoms with Gasteiger partial charge in [-0.2, -0.15) is 5.10 Å². The maximum Gasteiger partial charge on any atom is 0.343 e. The van der Waals surface area contributed by atoms with Crippen LogP contribution in [0.3, 0.4) is 0 Å². The molecule has 3 rings (SSSR count). The minimum atomic E-state index is -0.544. The van der Waals surface area contributed by atoms with Crippen LogP contribution in [0.1, 0.15) is 47.1 Å². The average Bonchev–Trinajstić information content (AvgIpc) is 2.85. The zero-order chi connectivity index (χ0) is 26.3. The maximum atomic E-state index is 12.6. The van der Waals surface area contributed by atoms with Gasteiger partial charge < -0.3 is 14.8 Å². The third kappa shape index (κ3) is 7.26. The van der Waals surface area contributed by atoms with Crippen molar-refractivity contribution < 1.29 is 23.9 Å². The Morgan fingerprint density at radius 2 is 1.56 bits per heavy atom. The molecule has 0 atom stereocenters. The molecule has 0 heterocycles. The molecule has 186 valence electrons. The van der Waals surface area contributed by atoms with Crippen molar-refractivity contribution in [2.24, 2.45) is 10.5 Å². The fraction of sp³-hybridized carbons (Fsp3) is 0.185. The van der Waals surface area contributed by atoms with Gasteiger partial charge in [0.2, 0.25) is 5.91 Å². The van der Waals surface area contributed by atoms with Crippen LogP contribution in [0.5, 0.6) is 11.5 Å². The summed E-state index contributed by atoms with van der Waals surface area (Å²) in [5.74, 6) is -0.204. The fourth-order valence-corrected chi connectivity index (χ4v) is 3.23. The van der Waals surface area contributed by atoms with Crippen molar-refractivity contribution in [2.75, 3.05) is 12.4 Å². The first-order valence-electron chi connectivity index (χ1n) is 11.0. The lowest BCUT2D eigenvalue weighted by atomic mass is 9.95. The number of rotatable bonds is 7. The van der Waals surface area contributed by atoms with Crippen LogP contribution in [0.15, 0.2) is 76.3 Å². The van der Waals surface area contributed by atoms with Gasteiger partial charge in [-0.25, -0.2) is 10.2 Å². The zero-order valence-corrected chi connectivity index (χ0v) is 21.9. The van der Waals surface area contributed by atoms with Crippen molar-refractivity contribution in [1.82, 2.24) is 5.43 Å². The second-order valence-electron chi connectivity index (χ2n) is 8.78. The van der Waals surface area contributed by atoms with E-state index in [4.69, 9.17) is 9.47 Å². The number of ether oxygens (including phenoxy) is 2. The van der Waals surface area contributed by atoms with Gasteiger partial charge in [0, 0.05) is 26.7 Å². The van der Waals surface area contributed by atoms with Crippen LogP contribution in [0.25, 0.3) is 0 Å². The lowest BCUT2D eigenvalue weighted by Crippen LogP contribution is -2.27. The molecule has 9 heteroatoms. The van der Waals surface area contributed by atoms with Gasteiger partial charge in [0.05, 0.1) is 18.9 Å². The lowest BCUT2D eigenvalue weighted by molar-refractivity contribution is -0.123. The minimum absolute atomic E-state index is 0.123. The van der Waals surface area contributed by atoms with Crippen LogP contribution in [-0.4, -0.2) is 31.1 Å². The molecule has 0 bridgehead atoms. The van der Waals surface area contributed by atoms with Gasteiger partial charge in [-0.15, -0.1) is 0 Å². The van der Waals surface area contributed by atoms with E-state index in [1.165, 1.54) is 6.21 Å². The van der Waals surface area contributed by atoms with E-state index in [0.29, 0.717) is 28.1 Å². The summed E-state index contributed by atoms with van der Waals surface area (Å²) in [7, 11) is 1.54. The predicted molar refractivity (Wildman–Crippen MR) is 142 cm³/mol. The number of nitrogens with zero attached hydrogens (tertiary/aromatic N) is 1. The van der Waals surface area contributed by atoms with Crippen LogP contribution >= 0.6 is 15.9 Å². The third-order valence-electron chi connectivity index (χ3n) is 4.96. The SMILES string of the molecule is COc1ccc(C(=O)Oc2ccc(Br)cc2/C=N\NC(=O)c2ccc(NC(=O)C(C)(C)C)cc2)cc1. The molecule has 0 aliphatic rings. The van der Waals surface area contributed by atoms with Crippen molar-refractivity contribution in [2.45, 2.75) is 20.8 Å². The van der Waals surface area contributed by atoms with Crippen molar-refractivity contribution in [3.63, 3.8) is 0 Å². The Hall–Kier alpha value is -3.98. The molecule has 3 aromatic rings. The standard InChI is InChI=1S/C27H26BrN3O5/c1-27(2,3)26(34)30-21-10-5-17(6-11-21)24(32)31-29-16-19-15-20(28)9-14-23(19)36-25(33)18-7-12-22(35-4)13-8-18/h5-16H,1-4H3,(H,30,34)(H,31,32)/b29-16-. The van der Waals surface area contributed by atoms with Crippen molar-refractivity contribution in [1.29, 1.82) is 0 Å². The number of hydrogen-bond donors (Lipinski definition) is 2. The van der Waals surface area contributed by atoms with E-state index in [1.54, 1.807) is 73.8 Å². The Bertz CT molecular complexity index is 1280. The normalized spacial score (nSPS) is 11.1. The number of amides is 2. The zero-order valence-electron chi connectivity index (χ0n) is 20.3. The summed E-state index contributed by atoms with van der Waals surface area (Å²) in [6.45, 7) is 5.45. The van der Waals surface area contributed by atoms with Gasteiger partial charge in [-0.05, 0) is 66.7 Å². The lowest BCUT2D eigenvalue weighted by Gasteiger charge is -2.17. The largest absolute Gasteiger partial charge is 0.497 e. The molecule has 0 saturated carbocycles. The molecule has 3 aromatic carbocycles. The number of halogens is 1. The van der Waals surface area contributed by atoms with Crippen LogP contribution in [0.2, 0.25) is 0 Å². The van der Waals surface area contributed by atoms with Gasteiger partial charge >= 0.3 is 5.97 Å². The number of anilines is 1. The first-order chi connectivity index (χ1) is 17.1. The van der Waals surface area contributed by atoms with Crippen LogP contribution < -0.4 is 20.2 Å². The second kappa shape index (κ2) is 11.6. The number of hydrazone groups is 1. The summed E-state index contributed by atoms with van der Waals surface area (Å²) >= 11 is 3.38. The molecule has 2 N–H and O–H groups in total. The Morgan fingerprint density at radius 1 is 0.917 bits per heavy atom. The molecule has 0 radical (unpaired) electrons. The molecule has 36 heavy (non-hydrogen) atoms. The molecule has 0 aliphatic heterocycles. The number of methoxy groups -OCH3 is 1. The number of carbonyl (C=O) groups is 3. The second-order valence-corrected chi connectivity index (χ2v) is 9.70. The number of nitrogens with one attached hydrogen (secondary N) is 2. The third-order valence-corrected chi connectivity index (χ3v) is 5.45. The first-order valence-corrected chi connectivity index (χ1v) is 11.8. The van der Waals surface area contributed by atoms with Gasteiger partial charge in [0.15, 0.2) is 0 Å². The van der Waals surface area contributed by atoms with E-state index in [1.807, 2.05) is 20.8 Å². The Balaban J connectivity index is 1.66. The monoisotopic (exact) mass is 551 g/mol. The van der Waals surface area contributed by atoms with Crippen LogP contribution in [0, 0.1) is 5.41 Å². The van der Waals surface area contributed by atoms with E-state index in [-0.39, 0.29) is 11.7 Å². The highest BCUT2D eigenvalue weighted by Gasteiger charge is 2.21. The highest BCUT2D eigenvalue weighted by Crippen LogP contribution is 2.23. The molecule has 0 unspecified atom stereocenters. The Morgan fingerprint density at radius 3 is 2.17 bits per heavy atom. The van der Waals surface area contributed by atoms with E-state index >= 15 is 0 Å². The minimum Gasteiger partial charge on any atom is -0.497 e. The van der Waals surface area contributed by atoms with Crippen LogP contribution in [-0.2, 0) is 4.79 Å². The highest BCUT2D eigenvalue weighted by molar-refractivity contribution is 9.10. The maximum absolute atomic E-state index is 12.6. The van der Waals surface area contributed by atoms with E-state index in [9.17, 15) is 14.4 Å². The van der Waals surface area contributed by atoms with E-state index < -0.39 is 17.3 Å². The van der Waals surface area contributed by atoms with Crippen molar-refractivity contribution in [3.8, 4) is 11.5 Å². The van der Waals surface area contributed by atoms with Gasteiger partial charge in [0.1, 0.15) is 11.5 Å². The topological polar surface area (TPSA) is 106 Å². The molecule has 0 saturated heterocycles. The summed E-state index contributed by atoms with van der Waals surface area (Å²) in [6, 6.07) is 18.1. The molecule has 2 amide bonds. The number of benzene rings is 3. The fourth-order valence-electron chi connectivity index (χ4n) is 2.85. The van der Waals surface area contributed by atoms with Gasteiger partial charge in [-0.3, -0.25) is 9.59 Å². The number of carbonyl (C=O) groups excluding carboxylic acids is 3. The summed E-state index contributed by atoms with van der Waals surface area (Å²) < 4.78 is 11.4. The predicted octanol–water partition coefficient (Wildman–Crippen LogP) is 5.43. The summed E-state index contributed by atoms with van der Waals surface area (Å²) in [4.78, 5) is 37.1. The van der Waals surface area contributed by atoms with E-state index in [0.717, 1.165) is 4.47 Å². The molecule has 8 nitrogen and oxygen atoms in total. The Labute approximate surface area is 217 Å².